The molecule has 152 valence electrons. The van der Waals surface area contributed by atoms with Gasteiger partial charge >= 0.3 is 0 Å². The van der Waals surface area contributed by atoms with E-state index in [2.05, 4.69) is 69.1 Å². The third kappa shape index (κ3) is 6.15. The van der Waals surface area contributed by atoms with Gasteiger partial charge in [-0.1, -0.05) is 25.1 Å². The molecule has 0 spiro atoms. The number of para-hydroxylation sites is 1. The SMILES string of the molecule is CCSC1(CNC(=NC)N2CCN(c3ccccc3)CC2)CCOCC1.I. The van der Waals surface area contributed by atoms with Gasteiger partial charge in [-0.05, 0) is 30.7 Å². The summed E-state index contributed by atoms with van der Waals surface area (Å²) in [6.07, 6.45) is 2.24. The van der Waals surface area contributed by atoms with E-state index < -0.39 is 0 Å². The molecule has 3 rings (SSSR count). The molecule has 2 aliphatic heterocycles. The Balaban J connectivity index is 0.00000261. The van der Waals surface area contributed by atoms with Crippen molar-refractivity contribution in [2.75, 3.05) is 63.6 Å². The first-order valence-electron chi connectivity index (χ1n) is 9.74. The molecule has 1 aromatic carbocycles. The van der Waals surface area contributed by atoms with Gasteiger partial charge in [-0.3, -0.25) is 4.99 Å². The van der Waals surface area contributed by atoms with E-state index in [-0.39, 0.29) is 28.7 Å². The summed E-state index contributed by atoms with van der Waals surface area (Å²) < 4.78 is 5.87. The second kappa shape index (κ2) is 11.4. The van der Waals surface area contributed by atoms with Gasteiger partial charge in [0.05, 0.1) is 0 Å². The van der Waals surface area contributed by atoms with Crippen molar-refractivity contribution in [1.82, 2.24) is 10.2 Å². The van der Waals surface area contributed by atoms with Crippen molar-refractivity contribution in [1.29, 1.82) is 0 Å². The van der Waals surface area contributed by atoms with Crippen LogP contribution in [0.3, 0.4) is 0 Å². The highest BCUT2D eigenvalue weighted by Crippen LogP contribution is 2.34. The van der Waals surface area contributed by atoms with E-state index in [4.69, 9.17) is 4.74 Å². The Morgan fingerprint density at radius 1 is 1.15 bits per heavy atom. The maximum Gasteiger partial charge on any atom is 0.193 e. The van der Waals surface area contributed by atoms with Gasteiger partial charge in [0, 0.05) is 63.4 Å². The Kier molecular flexibility index (Phi) is 9.52. The summed E-state index contributed by atoms with van der Waals surface area (Å²) in [7, 11) is 1.90. The molecule has 2 fully saturated rings. The van der Waals surface area contributed by atoms with Gasteiger partial charge in [-0.25, -0.2) is 0 Å². The zero-order valence-corrected chi connectivity index (χ0v) is 19.7. The topological polar surface area (TPSA) is 40.1 Å². The van der Waals surface area contributed by atoms with Crippen LogP contribution in [0.25, 0.3) is 0 Å². The number of hydrogen-bond donors (Lipinski definition) is 1. The van der Waals surface area contributed by atoms with E-state index in [9.17, 15) is 0 Å². The molecule has 1 aromatic rings. The molecule has 0 saturated carbocycles. The number of aliphatic imine (C=N–C) groups is 1. The highest BCUT2D eigenvalue weighted by atomic mass is 127. The molecule has 0 radical (unpaired) electrons. The van der Waals surface area contributed by atoms with Crippen LogP contribution in [-0.2, 0) is 4.74 Å². The molecular formula is C20H33IN4OS. The number of ether oxygens (including phenoxy) is 1. The van der Waals surface area contributed by atoms with Crippen molar-refractivity contribution in [2.45, 2.75) is 24.5 Å². The van der Waals surface area contributed by atoms with E-state index >= 15 is 0 Å². The van der Waals surface area contributed by atoms with Gasteiger partial charge in [-0.15, -0.1) is 24.0 Å². The fourth-order valence-corrected chi connectivity index (χ4v) is 5.05. The second-order valence-corrected chi connectivity index (χ2v) is 8.67. The van der Waals surface area contributed by atoms with Gasteiger partial charge in [0.1, 0.15) is 0 Å². The van der Waals surface area contributed by atoms with Gasteiger partial charge in [0.25, 0.3) is 0 Å². The lowest BCUT2D eigenvalue weighted by Crippen LogP contribution is -2.55. The lowest BCUT2D eigenvalue weighted by molar-refractivity contribution is 0.0780. The Morgan fingerprint density at radius 3 is 2.41 bits per heavy atom. The summed E-state index contributed by atoms with van der Waals surface area (Å²) >= 11 is 2.07. The number of thioether (sulfide) groups is 1. The van der Waals surface area contributed by atoms with Crippen LogP contribution in [0.2, 0.25) is 0 Å². The Labute approximate surface area is 185 Å². The zero-order valence-electron chi connectivity index (χ0n) is 16.5. The highest BCUT2D eigenvalue weighted by Gasteiger charge is 2.33. The lowest BCUT2D eigenvalue weighted by Gasteiger charge is -2.40. The van der Waals surface area contributed by atoms with Gasteiger partial charge in [0.2, 0.25) is 0 Å². The first-order valence-corrected chi connectivity index (χ1v) is 10.7. The maximum absolute atomic E-state index is 5.59. The van der Waals surface area contributed by atoms with Crippen molar-refractivity contribution in [3.05, 3.63) is 30.3 Å². The van der Waals surface area contributed by atoms with Crippen LogP contribution in [0.15, 0.2) is 35.3 Å². The third-order valence-electron chi connectivity index (χ3n) is 5.34. The molecule has 0 atom stereocenters. The van der Waals surface area contributed by atoms with Crippen molar-refractivity contribution in [2.24, 2.45) is 4.99 Å². The molecular weight excluding hydrogens is 471 g/mol. The Morgan fingerprint density at radius 2 is 1.81 bits per heavy atom. The number of nitrogens with one attached hydrogen (secondary N) is 1. The molecule has 2 heterocycles. The second-order valence-electron chi connectivity index (χ2n) is 6.94. The average Bonchev–Trinajstić information content (AvgIpc) is 2.71. The quantitative estimate of drug-likeness (QED) is 0.379. The van der Waals surface area contributed by atoms with Crippen LogP contribution < -0.4 is 10.2 Å². The van der Waals surface area contributed by atoms with Crippen LogP contribution in [-0.4, -0.2) is 74.3 Å². The smallest absolute Gasteiger partial charge is 0.193 e. The van der Waals surface area contributed by atoms with E-state index in [0.717, 1.165) is 70.5 Å². The molecule has 2 saturated heterocycles. The number of anilines is 1. The molecule has 5 nitrogen and oxygen atoms in total. The van der Waals surface area contributed by atoms with Crippen molar-refractivity contribution >= 4 is 47.4 Å². The third-order valence-corrected chi connectivity index (χ3v) is 6.79. The summed E-state index contributed by atoms with van der Waals surface area (Å²) in [4.78, 5) is 9.40. The van der Waals surface area contributed by atoms with Gasteiger partial charge < -0.3 is 19.9 Å². The van der Waals surface area contributed by atoms with Crippen LogP contribution in [0, 0.1) is 0 Å². The lowest BCUT2D eigenvalue weighted by atomic mass is 9.99. The minimum absolute atomic E-state index is 0. The van der Waals surface area contributed by atoms with Crippen LogP contribution in [0.1, 0.15) is 19.8 Å². The Bertz CT molecular complexity index is 567. The number of guanidine groups is 1. The molecule has 0 bridgehead atoms. The first-order chi connectivity index (χ1) is 12.8. The molecule has 27 heavy (non-hydrogen) atoms. The van der Waals surface area contributed by atoms with Crippen molar-refractivity contribution in [3.63, 3.8) is 0 Å². The molecule has 0 aromatic heterocycles. The van der Waals surface area contributed by atoms with E-state index in [0.29, 0.717) is 0 Å². The number of hydrogen-bond acceptors (Lipinski definition) is 4. The maximum atomic E-state index is 5.59. The minimum Gasteiger partial charge on any atom is -0.381 e. The predicted octanol–water partition coefficient (Wildman–Crippen LogP) is 3.30. The first kappa shape index (κ1) is 22.6. The fourth-order valence-electron chi connectivity index (χ4n) is 3.81. The summed E-state index contributed by atoms with van der Waals surface area (Å²) in [6.45, 7) is 9.06. The van der Waals surface area contributed by atoms with Gasteiger partial charge in [0.15, 0.2) is 5.96 Å². The standard InChI is InChI=1S/C20H32N4OS.HI/c1-3-26-20(9-15-25-16-10-20)17-22-19(21-2)24-13-11-23(12-14-24)18-7-5-4-6-8-18;/h4-8H,3,9-17H2,1-2H3,(H,21,22);1H. The van der Waals surface area contributed by atoms with E-state index in [1.165, 1.54) is 5.69 Å². The molecule has 0 aliphatic carbocycles. The fraction of sp³-hybridized carbons (Fsp3) is 0.650. The monoisotopic (exact) mass is 504 g/mol. The van der Waals surface area contributed by atoms with Crippen LogP contribution in [0.4, 0.5) is 5.69 Å². The number of rotatable bonds is 5. The van der Waals surface area contributed by atoms with Crippen LogP contribution >= 0.6 is 35.7 Å². The summed E-state index contributed by atoms with van der Waals surface area (Å²) in [5.74, 6) is 2.19. The minimum atomic E-state index is 0. The van der Waals surface area contributed by atoms with Crippen molar-refractivity contribution < 1.29 is 4.74 Å². The summed E-state index contributed by atoms with van der Waals surface area (Å²) in [5, 5.41) is 3.67. The predicted molar refractivity (Wildman–Crippen MR) is 128 cm³/mol. The largest absolute Gasteiger partial charge is 0.381 e. The molecule has 7 heteroatoms. The van der Waals surface area contributed by atoms with Crippen LogP contribution in [0.5, 0.6) is 0 Å². The number of benzene rings is 1. The molecule has 2 aliphatic rings. The number of nitrogens with zero attached hydrogens (tertiary/aromatic N) is 3. The molecule has 0 amide bonds. The van der Waals surface area contributed by atoms with E-state index in [1.807, 2.05) is 7.05 Å². The number of halogens is 1. The Hall–Kier alpha value is -0.670. The highest BCUT2D eigenvalue weighted by molar-refractivity contribution is 14.0. The number of piperazine rings is 1. The van der Waals surface area contributed by atoms with E-state index in [1.54, 1.807) is 0 Å². The molecule has 0 unspecified atom stereocenters. The normalized spacial score (nSPS) is 20.1. The summed E-state index contributed by atoms with van der Waals surface area (Å²) in [6, 6.07) is 10.7. The van der Waals surface area contributed by atoms with Gasteiger partial charge in [-0.2, -0.15) is 11.8 Å². The van der Waals surface area contributed by atoms with Crippen molar-refractivity contribution in [3.8, 4) is 0 Å². The molecule has 1 N–H and O–H groups in total. The average molecular weight is 504 g/mol. The summed E-state index contributed by atoms with van der Waals surface area (Å²) in [5.41, 5.74) is 1.32. The zero-order chi connectivity index (χ0) is 18.2.